The van der Waals surface area contributed by atoms with E-state index in [1.54, 1.807) is 7.05 Å². The number of halogens is 2. The summed E-state index contributed by atoms with van der Waals surface area (Å²) in [5, 5.41) is 8.97. The molecule has 7 heteroatoms. The fourth-order valence-corrected chi connectivity index (χ4v) is 2.47. The Morgan fingerprint density at radius 1 is 1.11 bits per heavy atom. The van der Waals surface area contributed by atoms with Gasteiger partial charge in [0.25, 0.3) is 0 Å². The molecule has 0 radical (unpaired) electrons. The van der Waals surface area contributed by atoms with Gasteiger partial charge >= 0.3 is 0 Å². The zero-order valence-electron chi connectivity index (χ0n) is 16.4. The summed E-state index contributed by atoms with van der Waals surface area (Å²) in [4.78, 5) is 16.1. The van der Waals surface area contributed by atoms with Crippen LogP contribution in [0.15, 0.2) is 47.5 Å². The van der Waals surface area contributed by atoms with E-state index in [2.05, 4.69) is 20.9 Å². The van der Waals surface area contributed by atoms with Gasteiger partial charge in [-0.15, -0.1) is 0 Å². The minimum Gasteiger partial charge on any atom is -0.352 e. The van der Waals surface area contributed by atoms with Gasteiger partial charge in [0.2, 0.25) is 5.91 Å². The van der Waals surface area contributed by atoms with Crippen molar-refractivity contribution in [2.75, 3.05) is 12.4 Å². The van der Waals surface area contributed by atoms with Crippen molar-refractivity contribution in [3.63, 3.8) is 0 Å². The molecule has 1 atom stereocenters. The van der Waals surface area contributed by atoms with Crippen LogP contribution in [-0.4, -0.2) is 18.9 Å². The highest BCUT2D eigenvalue weighted by Crippen LogP contribution is 2.13. The molecule has 0 fully saturated rings. The summed E-state index contributed by atoms with van der Waals surface area (Å²) in [7, 11) is 1.60. The quantitative estimate of drug-likeness (QED) is 0.499. The molecule has 5 nitrogen and oxygen atoms in total. The number of aliphatic imine (C=N–C) groups is 1. The van der Waals surface area contributed by atoms with Crippen molar-refractivity contribution in [2.24, 2.45) is 10.9 Å². The average molecular weight is 388 g/mol. The van der Waals surface area contributed by atoms with Crippen LogP contribution in [-0.2, 0) is 17.9 Å². The number of nitrogens with zero attached hydrogens (tertiary/aromatic N) is 1. The van der Waals surface area contributed by atoms with Gasteiger partial charge in [0, 0.05) is 37.3 Å². The first-order chi connectivity index (χ1) is 13.4. The monoisotopic (exact) mass is 388 g/mol. The van der Waals surface area contributed by atoms with E-state index < -0.39 is 11.6 Å². The molecule has 0 saturated heterocycles. The fraction of sp³-hybridized carbons (Fsp3) is 0.333. The van der Waals surface area contributed by atoms with Crippen LogP contribution in [0.1, 0.15) is 31.4 Å². The van der Waals surface area contributed by atoms with Crippen LogP contribution in [0.5, 0.6) is 0 Å². The summed E-state index contributed by atoms with van der Waals surface area (Å²) in [6.45, 7) is 4.42. The Morgan fingerprint density at radius 2 is 1.86 bits per heavy atom. The topological polar surface area (TPSA) is 65.5 Å². The van der Waals surface area contributed by atoms with Crippen molar-refractivity contribution in [2.45, 2.75) is 33.4 Å². The van der Waals surface area contributed by atoms with Crippen molar-refractivity contribution in [1.82, 2.24) is 10.6 Å². The van der Waals surface area contributed by atoms with Gasteiger partial charge in [0.05, 0.1) is 0 Å². The first-order valence-corrected chi connectivity index (χ1v) is 9.21. The second-order valence-corrected chi connectivity index (χ2v) is 6.51. The molecule has 0 aliphatic heterocycles. The lowest BCUT2D eigenvalue weighted by molar-refractivity contribution is -0.119. The van der Waals surface area contributed by atoms with Crippen LogP contribution < -0.4 is 16.0 Å². The lowest BCUT2D eigenvalue weighted by atomic mass is 10.1. The highest BCUT2D eigenvalue weighted by molar-refractivity contribution is 5.92. The van der Waals surface area contributed by atoms with Crippen molar-refractivity contribution in [1.29, 1.82) is 0 Å². The number of hydrogen-bond donors (Lipinski definition) is 3. The van der Waals surface area contributed by atoms with E-state index in [9.17, 15) is 13.6 Å². The maximum absolute atomic E-state index is 13.7. The molecule has 2 aromatic carbocycles. The summed E-state index contributed by atoms with van der Waals surface area (Å²) in [5.41, 5.74) is 1.90. The standard InChI is InChI=1S/C21H26F2N4O/c1-4-14(2)20(28)27-18-7-5-6-15(10-18)12-25-21(24-3)26-13-16-11-17(22)8-9-19(16)23/h5-11,14H,4,12-13H2,1-3H3,(H,27,28)(H2,24,25,26). The highest BCUT2D eigenvalue weighted by atomic mass is 19.1. The Morgan fingerprint density at radius 3 is 2.57 bits per heavy atom. The number of rotatable bonds is 7. The Hall–Kier alpha value is -2.96. The maximum atomic E-state index is 13.7. The predicted molar refractivity (Wildman–Crippen MR) is 108 cm³/mol. The minimum atomic E-state index is -0.489. The molecule has 3 N–H and O–H groups in total. The Balaban J connectivity index is 1.92. The number of carbonyl (C=O) groups is 1. The summed E-state index contributed by atoms with van der Waals surface area (Å²) in [5.74, 6) is -0.570. The van der Waals surface area contributed by atoms with Gasteiger partial charge in [0.1, 0.15) is 11.6 Å². The number of hydrogen-bond acceptors (Lipinski definition) is 2. The second-order valence-electron chi connectivity index (χ2n) is 6.51. The molecule has 0 aliphatic rings. The number of nitrogens with one attached hydrogen (secondary N) is 3. The summed E-state index contributed by atoms with van der Waals surface area (Å²) in [6.07, 6.45) is 0.779. The van der Waals surface area contributed by atoms with Crippen molar-refractivity contribution in [3.8, 4) is 0 Å². The molecule has 0 saturated carbocycles. The van der Waals surface area contributed by atoms with Crippen LogP contribution in [0, 0.1) is 17.6 Å². The number of carbonyl (C=O) groups excluding carboxylic acids is 1. The molecular formula is C21H26F2N4O. The van der Waals surface area contributed by atoms with Crippen LogP contribution in [0.2, 0.25) is 0 Å². The number of anilines is 1. The van der Waals surface area contributed by atoms with E-state index in [0.29, 0.717) is 12.5 Å². The molecule has 0 heterocycles. The number of guanidine groups is 1. The predicted octanol–water partition coefficient (Wildman–Crippen LogP) is 3.81. The van der Waals surface area contributed by atoms with E-state index in [4.69, 9.17) is 0 Å². The molecule has 1 amide bonds. The van der Waals surface area contributed by atoms with Gasteiger partial charge in [-0.3, -0.25) is 9.79 Å². The first kappa shape index (κ1) is 21.3. The third kappa shape index (κ3) is 6.33. The lowest BCUT2D eigenvalue weighted by Crippen LogP contribution is -2.36. The molecule has 0 aliphatic carbocycles. The largest absolute Gasteiger partial charge is 0.352 e. The van der Waals surface area contributed by atoms with E-state index in [1.165, 1.54) is 0 Å². The highest BCUT2D eigenvalue weighted by Gasteiger charge is 2.10. The zero-order valence-corrected chi connectivity index (χ0v) is 16.4. The summed E-state index contributed by atoms with van der Waals surface area (Å²) in [6, 6.07) is 10.8. The number of amides is 1. The fourth-order valence-electron chi connectivity index (χ4n) is 2.47. The normalized spacial score (nSPS) is 12.4. The molecule has 0 spiro atoms. The molecule has 0 aromatic heterocycles. The van der Waals surface area contributed by atoms with Gasteiger partial charge in [-0.25, -0.2) is 8.78 Å². The van der Waals surface area contributed by atoms with Crippen molar-refractivity contribution >= 4 is 17.6 Å². The van der Waals surface area contributed by atoms with E-state index in [0.717, 1.165) is 35.9 Å². The molecular weight excluding hydrogens is 362 g/mol. The molecule has 150 valence electrons. The maximum Gasteiger partial charge on any atom is 0.227 e. The summed E-state index contributed by atoms with van der Waals surface area (Å²) < 4.78 is 27.0. The Labute approximate surface area is 164 Å². The van der Waals surface area contributed by atoms with Gasteiger partial charge in [-0.05, 0) is 42.3 Å². The number of benzene rings is 2. The van der Waals surface area contributed by atoms with E-state index >= 15 is 0 Å². The van der Waals surface area contributed by atoms with Crippen LogP contribution in [0.25, 0.3) is 0 Å². The third-order valence-electron chi connectivity index (χ3n) is 4.39. The molecule has 2 rings (SSSR count). The van der Waals surface area contributed by atoms with Gasteiger partial charge in [-0.1, -0.05) is 26.0 Å². The van der Waals surface area contributed by atoms with E-state index in [1.807, 2.05) is 38.1 Å². The Bertz CT molecular complexity index is 839. The average Bonchev–Trinajstić information content (AvgIpc) is 2.70. The van der Waals surface area contributed by atoms with Crippen LogP contribution >= 0.6 is 0 Å². The molecule has 0 bridgehead atoms. The zero-order chi connectivity index (χ0) is 20.5. The second kappa shape index (κ2) is 10.4. The van der Waals surface area contributed by atoms with Crippen molar-refractivity contribution in [3.05, 3.63) is 65.2 Å². The molecule has 28 heavy (non-hydrogen) atoms. The van der Waals surface area contributed by atoms with Crippen LogP contribution in [0.4, 0.5) is 14.5 Å². The minimum absolute atomic E-state index is 0.0118. The van der Waals surface area contributed by atoms with Crippen molar-refractivity contribution < 1.29 is 13.6 Å². The van der Waals surface area contributed by atoms with Gasteiger partial charge in [0.15, 0.2) is 5.96 Å². The molecule has 1 unspecified atom stereocenters. The SMILES string of the molecule is CCC(C)C(=O)Nc1cccc(CNC(=NC)NCc2cc(F)ccc2F)c1. The third-order valence-corrected chi connectivity index (χ3v) is 4.39. The molecule has 2 aromatic rings. The van der Waals surface area contributed by atoms with Gasteiger partial charge in [-0.2, -0.15) is 0 Å². The first-order valence-electron chi connectivity index (χ1n) is 9.21. The lowest BCUT2D eigenvalue weighted by Gasteiger charge is -2.14. The smallest absolute Gasteiger partial charge is 0.227 e. The van der Waals surface area contributed by atoms with Crippen LogP contribution in [0.3, 0.4) is 0 Å². The summed E-state index contributed by atoms with van der Waals surface area (Å²) >= 11 is 0. The van der Waals surface area contributed by atoms with E-state index in [-0.39, 0.29) is 23.9 Å². The van der Waals surface area contributed by atoms with Gasteiger partial charge < -0.3 is 16.0 Å². The Kier molecular flexibility index (Phi) is 7.92.